The van der Waals surface area contributed by atoms with Crippen LogP contribution in [-0.4, -0.2) is 39.5 Å². The average Bonchev–Trinajstić information content (AvgIpc) is 2.96. The average molecular weight is 236 g/mol. The van der Waals surface area contributed by atoms with Gasteiger partial charge in [0.05, 0.1) is 6.33 Å². The molecule has 0 aliphatic carbocycles. The number of likely N-dealkylation sites (tertiary alicyclic amines) is 1. The number of hydrogen-bond donors (Lipinski definition) is 1. The van der Waals surface area contributed by atoms with Crippen molar-refractivity contribution in [3.05, 3.63) is 18.7 Å². The summed E-state index contributed by atoms with van der Waals surface area (Å²) in [6.45, 7) is 4.40. The topological polar surface area (TPSA) is 64.2 Å². The van der Waals surface area contributed by atoms with Gasteiger partial charge in [-0.1, -0.05) is 0 Å². The molecule has 1 aliphatic rings. The lowest BCUT2D eigenvalue weighted by Crippen LogP contribution is -2.33. The molecular weight excluding hydrogens is 216 g/mol. The highest BCUT2D eigenvalue weighted by molar-refractivity contribution is 5.76. The zero-order valence-corrected chi connectivity index (χ0v) is 10.2. The van der Waals surface area contributed by atoms with Crippen molar-refractivity contribution in [1.82, 2.24) is 14.5 Å². The summed E-state index contributed by atoms with van der Waals surface area (Å²) in [6.07, 6.45) is 6.92. The van der Waals surface area contributed by atoms with E-state index in [1.165, 1.54) is 0 Å². The molecule has 2 N–H and O–H groups in total. The van der Waals surface area contributed by atoms with Crippen LogP contribution in [0, 0.1) is 5.92 Å². The molecule has 0 radical (unpaired) electrons. The van der Waals surface area contributed by atoms with Crippen LogP contribution in [0.4, 0.5) is 0 Å². The smallest absolute Gasteiger partial charge is 0.224 e. The highest BCUT2D eigenvalue weighted by atomic mass is 16.2. The van der Waals surface area contributed by atoms with Crippen molar-refractivity contribution in [3.63, 3.8) is 0 Å². The number of aromatic nitrogens is 2. The van der Waals surface area contributed by atoms with Crippen LogP contribution in [0.15, 0.2) is 18.7 Å². The number of carbonyl (C=O) groups is 1. The Morgan fingerprint density at radius 2 is 2.47 bits per heavy atom. The number of rotatable bonds is 4. The predicted molar refractivity (Wildman–Crippen MR) is 65.2 cm³/mol. The molecule has 17 heavy (non-hydrogen) atoms. The summed E-state index contributed by atoms with van der Waals surface area (Å²) in [5.74, 6) is 0.689. The minimum Gasteiger partial charge on any atom is -0.342 e. The maximum absolute atomic E-state index is 12.0. The maximum atomic E-state index is 12.0. The van der Waals surface area contributed by atoms with Gasteiger partial charge in [0.1, 0.15) is 0 Å². The third kappa shape index (κ3) is 3.06. The second-order valence-corrected chi connectivity index (χ2v) is 4.80. The molecule has 0 bridgehead atoms. The second kappa shape index (κ2) is 5.31. The number of aryl methyl sites for hydroxylation is 1. The van der Waals surface area contributed by atoms with Crippen LogP contribution in [-0.2, 0) is 11.3 Å². The van der Waals surface area contributed by atoms with Crippen molar-refractivity contribution >= 4 is 5.91 Å². The van der Waals surface area contributed by atoms with E-state index < -0.39 is 0 Å². The van der Waals surface area contributed by atoms with Gasteiger partial charge in [-0.3, -0.25) is 4.79 Å². The molecule has 2 atom stereocenters. The Kier molecular flexibility index (Phi) is 3.78. The van der Waals surface area contributed by atoms with E-state index in [9.17, 15) is 4.79 Å². The van der Waals surface area contributed by atoms with E-state index in [0.29, 0.717) is 18.9 Å². The van der Waals surface area contributed by atoms with Crippen molar-refractivity contribution in [2.24, 2.45) is 11.7 Å². The van der Waals surface area contributed by atoms with E-state index in [-0.39, 0.29) is 11.9 Å². The van der Waals surface area contributed by atoms with Gasteiger partial charge >= 0.3 is 0 Å². The number of imidazole rings is 1. The molecule has 1 saturated heterocycles. The van der Waals surface area contributed by atoms with Crippen LogP contribution in [0.3, 0.4) is 0 Å². The van der Waals surface area contributed by atoms with E-state index >= 15 is 0 Å². The van der Waals surface area contributed by atoms with Crippen LogP contribution in [0.1, 0.15) is 19.8 Å². The Morgan fingerprint density at radius 1 is 1.65 bits per heavy atom. The summed E-state index contributed by atoms with van der Waals surface area (Å²) in [5, 5.41) is 0. The van der Waals surface area contributed by atoms with Crippen molar-refractivity contribution < 1.29 is 4.79 Å². The number of nitrogens with zero attached hydrogens (tertiary/aromatic N) is 3. The minimum atomic E-state index is 0.182. The molecule has 2 heterocycles. The van der Waals surface area contributed by atoms with Gasteiger partial charge in [0.2, 0.25) is 5.91 Å². The minimum absolute atomic E-state index is 0.182. The van der Waals surface area contributed by atoms with Gasteiger partial charge in [-0.05, 0) is 19.3 Å². The highest BCUT2D eigenvalue weighted by Crippen LogP contribution is 2.19. The molecular formula is C12H20N4O. The number of carbonyl (C=O) groups excluding carboxylic acids is 1. The van der Waals surface area contributed by atoms with Crippen molar-refractivity contribution in [2.45, 2.75) is 32.4 Å². The zero-order valence-electron chi connectivity index (χ0n) is 10.2. The van der Waals surface area contributed by atoms with Crippen LogP contribution < -0.4 is 5.73 Å². The first-order chi connectivity index (χ1) is 8.16. The molecule has 2 unspecified atom stereocenters. The molecule has 0 saturated carbocycles. The van der Waals surface area contributed by atoms with E-state index in [0.717, 1.165) is 19.5 Å². The van der Waals surface area contributed by atoms with E-state index in [1.54, 1.807) is 12.5 Å². The molecule has 5 heteroatoms. The van der Waals surface area contributed by atoms with Crippen LogP contribution in [0.25, 0.3) is 0 Å². The summed E-state index contributed by atoms with van der Waals surface area (Å²) in [5.41, 5.74) is 5.86. The molecule has 1 aliphatic heterocycles. The quantitative estimate of drug-likeness (QED) is 0.826. The van der Waals surface area contributed by atoms with Crippen molar-refractivity contribution in [2.75, 3.05) is 13.1 Å². The van der Waals surface area contributed by atoms with Crippen LogP contribution >= 0.6 is 0 Å². The standard InChI is InChI=1S/C12H20N4O/c1-10(13)11-2-6-16(8-11)12(17)3-5-15-7-4-14-9-15/h4,7,9-11H,2-3,5-6,8,13H2,1H3. The van der Waals surface area contributed by atoms with Gasteiger partial charge in [0.25, 0.3) is 0 Å². The molecule has 1 amide bonds. The molecule has 1 aromatic heterocycles. The van der Waals surface area contributed by atoms with Crippen molar-refractivity contribution in [3.8, 4) is 0 Å². The fraction of sp³-hybridized carbons (Fsp3) is 0.667. The first kappa shape index (κ1) is 12.1. The molecule has 1 aromatic rings. The number of hydrogen-bond acceptors (Lipinski definition) is 3. The number of amides is 1. The molecule has 5 nitrogen and oxygen atoms in total. The van der Waals surface area contributed by atoms with Gasteiger partial charge in [-0.2, -0.15) is 0 Å². The largest absolute Gasteiger partial charge is 0.342 e. The Bertz CT molecular complexity index is 361. The van der Waals surface area contributed by atoms with Crippen molar-refractivity contribution in [1.29, 1.82) is 0 Å². The highest BCUT2D eigenvalue weighted by Gasteiger charge is 2.27. The zero-order chi connectivity index (χ0) is 12.3. The maximum Gasteiger partial charge on any atom is 0.224 e. The summed E-state index contributed by atoms with van der Waals surface area (Å²) >= 11 is 0. The summed E-state index contributed by atoms with van der Waals surface area (Å²) in [7, 11) is 0. The number of nitrogens with two attached hydrogens (primary N) is 1. The lowest BCUT2D eigenvalue weighted by Gasteiger charge is -2.18. The van der Waals surface area contributed by atoms with E-state index in [4.69, 9.17) is 5.73 Å². The Morgan fingerprint density at radius 3 is 3.06 bits per heavy atom. The Hall–Kier alpha value is -1.36. The fourth-order valence-electron chi connectivity index (χ4n) is 2.24. The normalized spacial score (nSPS) is 21.8. The second-order valence-electron chi connectivity index (χ2n) is 4.80. The first-order valence-electron chi connectivity index (χ1n) is 6.16. The summed E-state index contributed by atoms with van der Waals surface area (Å²) < 4.78 is 1.93. The molecule has 1 fully saturated rings. The molecule has 94 valence electrons. The fourth-order valence-corrected chi connectivity index (χ4v) is 2.24. The Balaban J connectivity index is 1.77. The van der Waals surface area contributed by atoms with Gasteiger partial charge in [0, 0.05) is 44.5 Å². The van der Waals surface area contributed by atoms with E-state index in [1.807, 2.05) is 22.6 Å². The monoisotopic (exact) mass is 236 g/mol. The summed E-state index contributed by atoms with van der Waals surface area (Å²) in [4.78, 5) is 17.8. The first-order valence-corrected chi connectivity index (χ1v) is 6.16. The summed E-state index contributed by atoms with van der Waals surface area (Å²) in [6, 6.07) is 0.182. The predicted octanol–water partition coefficient (Wildman–Crippen LogP) is 0.469. The van der Waals surface area contributed by atoms with Crippen LogP contribution in [0.2, 0.25) is 0 Å². The molecule has 0 aromatic carbocycles. The van der Waals surface area contributed by atoms with Gasteiger partial charge < -0.3 is 15.2 Å². The van der Waals surface area contributed by atoms with Gasteiger partial charge in [-0.25, -0.2) is 4.98 Å². The lowest BCUT2D eigenvalue weighted by atomic mass is 10.0. The SMILES string of the molecule is CC(N)C1CCN(C(=O)CCn2ccnc2)C1. The van der Waals surface area contributed by atoms with Crippen LogP contribution in [0.5, 0.6) is 0 Å². The third-order valence-electron chi connectivity index (χ3n) is 3.46. The van der Waals surface area contributed by atoms with E-state index in [2.05, 4.69) is 4.98 Å². The Labute approximate surface area is 102 Å². The molecule has 2 rings (SSSR count). The van der Waals surface area contributed by atoms with Gasteiger partial charge in [0.15, 0.2) is 0 Å². The van der Waals surface area contributed by atoms with Gasteiger partial charge in [-0.15, -0.1) is 0 Å². The molecule has 0 spiro atoms. The lowest BCUT2D eigenvalue weighted by molar-refractivity contribution is -0.130. The third-order valence-corrected chi connectivity index (χ3v) is 3.46.